The van der Waals surface area contributed by atoms with Crippen LogP contribution in [0.3, 0.4) is 0 Å². The molecule has 0 spiro atoms. The smallest absolute Gasteiger partial charge is 0.790 e. The van der Waals surface area contributed by atoms with Crippen LogP contribution >= 0.6 is 7.82 Å². The molecule has 0 aromatic heterocycles. The quantitative estimate of drug-likeness (QED) is 0.487. The average molecular weight is 240 g/mol. The molecule has 0 radical (unpaired) electrons. The van der Waals surface area contributed by atoms with Gasteiger partial charge in [-0.1, -0.05) is 0 Å². The van der Waals surface area contributed by atoms with Crippen molar-refractivity contribution in [1.82, 2.24) is 0 Å². The standard InChI is InChI=1S/Nd.H3O4P/c;1-5(2,3)4/h;(H3,1,2,3,4)/q+2;/p-2. The third-order valence-electron chi connectivity index (χ3n) is 0. The Labute approximate surface area is 67.3 Å². The normalized spacial score (nSPS) is 9.83. The minimum atomic E-state index is -5.14. The van der Waals surface area contributed by atoms with Crippen molar-refractivity contribution in [3.63, 3.8) is 0 Å². The largest absolute Gasteiger partial charge is 2.00 e. The van der Waals surface area contributed by atoms with Crippen LogP contribution in [0.5, 0.6) is 0 Å². The maximum Gasteiger partial charge on any atom is 2.00 e. The van der Waals surface area contributed by atoms with E-state index in [1.54, 1.807) is 0 Å². The predicted molar refractivity (Wildman–Crippen MR) is 9.83 cm³/mol. The minimum Gasteiger partial charge on any atom is -0.790 e. The molecule has 4 nitrogen and oxygen atoms in total. The molecule has 0 aliphatic carbocycles. The molecule has 6 heavy (non-hydrogen) atoms. The first-order chi connectivity index (χ1) is 2.00. The third-order valence-corrected chi connectivity index (χ3v) is 0. The summed E-state index contributed by atoms with van der Waals surface area (Å²) in [4.78, 5) is 24.3. The monoisotopic (exact) mass is 238 g/mol. The van der Waals surface area contributed by atoms with E-state index in [9.17, 15) is 0 Å². The molecule has 1 N–H and O–H groups in total. The van der Waals surface area contributed by atoms with Crippen LogP contribution in [0.2, 0.25) is 0 Å². The van der Waals surface area contributed by atoms with Crippen LogP contribution in [0, 0.1) is 40.8 Å². The van der Waals surface area contributed by atoms with E-state index in [-0.39, 0.29) is 40.8 Å². The molecule has 34 valence electrons. The number of rotatable bonds is 0. The maximum absolute atomic E-state index is 8.66. The van der Waals surface area contributed by atoms with Gasteiger partial charge in [-0.3, -0.25) is 0 Å². The van der Waals surface area contributed by atoms with Crippen molar-refractivity contribution < 1.29 is 60.1 Å². The summed E-state index contributed by atoms with van der Waals surface area (Å²) in [5, 5.41) is 0. The molecular formula is HNdO4P. The average Bonchev–Trinajstić information content (AvgIpc) is 0.722. The zero-order valence-corrected chi connectivity index (χ0v) is 6.72. The second kappa shape index (κ2) is 3.46. The Morgan fingerprint density at radius 1 is 1.50 bits per heavy atom. The van der Waals surface area contributed by atoms with Crippen LogP contribution in [0.25, 0.3) is 0 Å². The van der Waals surface area contributed by atoms with Crippen LogP contribution in [-0.4, -0.2) is 4.89 Å². The van der Waals surface area contributed by atoms with E-state index in [0.717, 1.165) is 0 Å². The van der Waals surface area contributed by atoms with Crippen molar-refractivity contribution in [3.8, 4) is 0 Å². The molecule has 0 amide bonds. The van der Waals surface area contributed by atoms with Gasteiger partial charge < -0.3 is 19.2 Å². The minimum absolute atomic E-state index is 0. The zero-order valence-electron chi connectivity index (χ0n) is 2.62. The van der Waals surface area contributed by atoms with E-state index in [1.807, 2.05) is 0 Å². The van der Waals surface area contributed by atoms with Crippen molar-refractivity contribution in [2.24, 2.45) is 0 Å². The van der Waals surface area contributed by atoms with Crippen LogP contribution in [-0.2, 0) is 4.57 Å². The van der Waals surface area contributed by atoms with Crippen molar-refractivity contribution >= 4 is 7.82 Å². The number of hydrogen-bond acceptors (Lipinski definition) is 3. The Kier molecular flexibility index (Phi) is 6.02. The predicted octanol–water partition coefficient (Wildman–Crippen LogP) is -2.19. The van der Waals surface area contributed by atoms with E-state index in [1.165, 1.54) is 0 Å². The van der Waals surface area contributed by atoms with Gasteiger partial charge in [0.15, 0.2) is 0 Å². The fourth-order valence-corrected chi connectivity index (χ4v) is 0. The van der Waals surface area contributed by atoms with Gasteiger partial charge in [0, 0.05) is 0 Å². The van der Waals surface area contributed by atoms with Crippen molar-refractivity contribution in [2.75, 3.05) is 0 Å². The second-order valence-electron chi connectivity index (χ2n) is 0.469. The molecule has 0 saturated heterocycles. The van der Waals surface area contributed by atoms with Crippen LogP contribution in [0.4, 0.5) is 0 Å². The van der Waals surface area contributed by atoms with Crippen LogP contribution in [0.1, 0.15) is 0 Å². The first kappa shape index (κ1) is 10.4. The van der Waals surface area contributed by atoms with Crippen molar-refractivity contribution in [1.29, 1.82) is 0 Å². The summed E-state index contributed by atoms with van der Waals surface area (Å²) in [7, 11) is -5.14. The van der Waals surface area contributed by atoms with Gasteiger partial charge in [-0.05, 0) is 0 Å². The molecule has 0 fully saturated rings. The molecule has 0 atom stereocenters. The maximum atomic E-state index is 8.66. The van der Waals surface area contributed by atoms with Crippen LogP contribution < -0.4 is 9.79 Å². The van der Waals surface area contributed by atoms with Gasteiger partial charge in [0.2, 0.25) is 0 Å². The summed E-state index contributed by atoms with van der Waals surface area (Å²) in [5.74, 6) is 0. The molecule has 0 aliphatic heterocycles. The topological polar surface area (TPSA) is 83.4 Å². The molecule has 0 heterocycles. The molecule has 0 aliphatic rings. The van der Waals surface area contributed by atoms with E-state index in [0.29, 0.717) is 0 Å². The molecule has 6 heteroatoms. The third kappa shape index (κ3) is 50.9. The molecular weight excluding hydrogens is 239 g/mol. The van der Waals surface area contributed by atoms with Gasteiger partial charge in [-0.15, -0.1) is 0 Å². The van der Waals surface area contributed by atoms with E-state index in [2.05, 4.69) is 0 Å². The van der Waals surface area contributed by atoms with E-state index in [4.69, 9.17) is 19.2 Å². The van der Waals surface area contributed by atoms with Crippen molar-refractivity contribution in [3.05, 3.63) is 0 Å². The Morgan fingerprint density at radius 3 is 1.50 bits per heavy atom. The Hall–Kier alpha value is 1.46. The fourth-order valence-electron chi connectivity index (χ4n) is 0. The summed E-state index contributed by atoms with van der Waals surface area (Å²) in [6.45, 7) is 0. The summed E-state index contributed by atoms with van der Waals surface area (Å²) in [6.07, 6.45) is 0. The van der Waals surface area contributed by atoms with Gasteiger partial charge in [0.25, 0.3) is 0 Å². The SMILES string of the molecule is O=P([O-])([O-])O.[Nd+2]. The van der Waals surface area contributed by atoms with E-state index < -0.39 is 7.82 Å². The van der Waals surface area contributed by atoms with Gasteiger partial charge in [-0.25, -0.2) is 0 Å². The summed E-state index contributed by atoms with van der Waals surface area (Å²) in [6, 6.07) is 0. The fraction of sp³-hybridized carbons (Fsp3) is 0. The van der Waals surface area contributed by atoms with Crippen LogP contribution in [0.15, 0.2) is 0 Å². The first-order valence-corrected chi connectivity index (χ1v) is 2.24. The Balaban J connectivity index is 0. The summed E-state index contributed by atoms with van der Waals surface area (Å²) < 4.78 is 8.66. The van der Waals surface area contributed by atoms with Gasteiger partial charge in [-0.2, -0.15) is 0 Å². The van der Waals surface area contributed by atoms with Gasteiger partial charge in [0.1, 0.15) is 0 Å². The molecule has 0 bridgehead atoms. The number of phosphoric acid groups is 1. The molecule has 0 saturated carbocycles. The summed E-state index contributed by atoms with van der Waals surface area (Å²) in [5.41, 5.74) is 0. The molecule has 0 rings (SSSR count). The molecule has 0 unspecified atom stereocenters. The Bertz CT molecular complexity index is 53.7. The zero-order chi connectivity index (χ0) is 4.50. The molecule has 0 aromatic rings. The number of hydrogen-bond donors (Lipinski definition) is 1. The van der Waals surface area contributed by atoms with Crippen molar-refractivity contribution in [2.45, 2.75) is 0 Å². The second-order valence-corrected chi connectivity index (χ2v) is 1.41. The Morgan fingerprint density at radius 2 is 1.50 bits per heavy atom. The summed E-state index contributed by atoms with van der Waals surface area (Å²) >= 11 is 0. The first-order valence-electron chi connectivity index (χ1n) is 0.748. The van der Waals surface area contributed by atoms with Gasteiger partial charge in [0.05, 0.1) is 7.82 Å². The van der Waals surface area contributed by atoms with Gasteiger partial charge >= 0.3 is 40.8 Å². The molecule has 0 aromatic carbocycles. The van der Waals surface area contributed by atoms with E-state index >= 15 is 0 Å².